The van der Waals surface area contributed by atoms with Crippen molar-refractivity contribution in [2.75, 3.05) is 13.1 Å². The summed E-state index contributed by atoms with van der Waals surface area (Å²) in [7, 11) is 0. The lowest BCUT2D eigenvalue weighted by Gasteiger charge is -2.45. The lowest BCUT2D eigenvalue weighted by Crippen LogP contribution is -2.60. The van der Waals surface area contributed by atoms with Crippen LogP contribution in [0.5, 0.6) is 0 Å². The van der Waals surface area contributed by atoms with E-state index in [4.69, 9.17) is 0 Å². The first-order valence-corrected chi connectivity index (χ1v) is 7.37. The quantitative estimate of drug-likeness (QED) is 0.908. The summed E-state index contributed by atoms with van der Waals surface area (Å²) in [6.07, 6.45) is 1.85. The Kier molecular flexibility index (Phi) is 3.48. The number of nitrogens with one attached hydrogen (secondary N) is 1. The summed E-state index contributed by atoms with van der Waals surface area (Å²) in [6.45, 7) is 10.0. The molecule has 0 saturated carbocycles. The molecule has 0 bridgehead atoms. The average Bonchev–Trinajstić information content (AvgIpc) is 2.43. The second-order valence-electron chi connectivity index (χ2n) is 6.51. The lowest BCUT2D eigenvalue weighted by molar-refractivity contribution is 0.0627. The van der Waals surface area contributed by atoms with Crippen LogP contribution < -0.4 is 5.32 Å². The second kappa shape index (κ2) is 5.15. The van der Waals surface area contributed by atoms with Gasteiger partial charge in [0.05, 0.1) is 5.52 Å². The summed E-state index contributed by atoms with van der Waals surface area (Å²) in [5.74, 6) is 0. The highest BCUT2D eigenvalue weighted by molar-refractivity contribution is 5.78. The highest BCUT2D eigenvalue weighted by Crippen LogP contribution is 2.22. The Morgan fingerprint density at radius 1 is 1.35 bits per heavy atom. The zero-order valence-corrected chi connectivity index (χ0v) is 12.6. The minimum absolute atomic E-state index is 0.205. The molecule has 1 unspecified atom stereocenters. The van der Waals surface area contributed by atoms with Crippen molar-refractivity contribution in [2.24, 2.45) is 0 Å². The van der Waals surface area contributed by atoms with Crippen molar-refractivity contribution in [2.45, 2.75) is 38.9 Å². The largest absolute Gasteiger partial charge is 0.311 e. The third-order valence-electron chi connectivity index (χ3n) is 4.27. The first-order valence-electron chi connectivity index (χ1n) is 7.37. The second-order valence-corrected chi connectivity index (χ2v) is 6.51. The molecule has 0 aliphatic carbocycles. The van der Waals surface area contributed by atoms with Crippen LogP contribution in [0.25, 0.3) is 10.9 Å². The molecule has 2 heterocycles. The highest BCUT2D eigenvalue weighted by Gasteiger charge is 2.32. The predicted molar refractivity (Wildman–Crippen MR) is 83.7 cm³/mol. The van der Waals surface area contributed by atoms with Gasteiger partial charge >= 0.3 is 0 Å². The molecule has 1 N–H and O–H groups in total. The fourth-order valence-electron chi connectivity index (χ4n) is 2.90. The van der Waals surface area contributed by atoms with Gasteiger partial charge in [0.15, 0.2) is 0 Å². The van der Waals surface area contributed by atoms with Gasteiger partial charge < -0.3 is 5.32 Å². The van der Waals surface area contributed by atoms with Crippen molar-refractivity contribution in [3.63, 3.8) is 0 Å². The van der Waals surface area contributed by atoms with Crippen LogP contribution in [0.15, 0.2) is 36.5 Å². The van der Waals surface area contributed by atoms with Crippen LogP contribution in [0.4, 0.5) is 0 Å². The molecular weight excluding hydrogens is 246 g/mol. The minimum Gasteiger partial charge on any atom is -0.311 e. The van der Waals surface area contributed by atoms with Crippen molar-refractivity contribution in [1.82, 2.24) is 15.2 Å². The van der Waals surface area contributed by atoms with E-state index < -0.39 is 0 Å². The number of piperazine rings is 1. The number of aromatic nitrogens is 1. The summed E-state index contributed by atoms with van der Waals surface area (Å²) in [5.41, 5.74) is 2.65. The number of rotatable bonds is 2. The third kappa shape index (κ3) is 2.69. The van der Waals surface area contributed by atoms with Gasteiger partial charge in [0.25, 0.3) is 0 Å². The van der Waals surface area contributed by atoms with Gasteiger partial charge in [-0.05, 0) is 44.5 Å². The molecule has 1 fully saturated rings. The van der Waals surface area contributed by atoms with Gasteiger partial charge in [-0.3, -0.25) is 9.88 Å². The fraction of sp³-hybridized carbons (Fsp3) is 0.471. The summed E-state index contributed by atoms with van der Waals surface area (Å²) in [6, 6.07) is 11.3. The van der Waals surface area contributed by atoms with E-state index in [0.29, 0.717) is 6.04 Å². The number of nitrogens with zero attached hydrogens (tertiary/aromatic N) is 2. The van der Waals surface area contributed by atoms with Crippen molar-refractivity contribution >= 4 is 10.9 Å². The van der Waals surface area contributed by atoms with E-state index in [9.17, 15) is 0 Å². The molecule has 1 aliphatic rings. The molecule has 3 rings (SSSR count). The van der Waals surface area contributed by atoms with Crippen LogP contribution in [0.2, 0.25) is 0 Å². The van der Waals surface area contributed by atoms with E-state index in [1.54, 1.807) is 0 Å². The summed E-state index contributed by atoms with van der Waals surface area (Å²) in [4.78, 5) is 6.96. The molecule has 2 aromatic rings. The van der Waals surface area contributed by atoms with E-state index in [1.807, 2.05) is 12.3 Å². The standard InChI is InChI=1S/C17H23N3/c1-13-10-20(17(2,3)12-19-13)11-14-6-7-16-15(9-14)5-4-8-18-16/h4-9,13,19H,10-12H2,1-3H3. The highest BCUT2D eigenvalue weighted by atomic mass is 15.3. The maximum absolute atomic E-state index is 4.39. The molecule has 0 amide bonds. The van der Waals surface area contributed by atoms with Crippen molar-refractivity contribution < 1.29 is 0 Å². The van der Waals surface area contributed by atoms with E-state index in [-0.39, 0.29) is 5.54 Å². The zero-order valence-electron chi connectivity index (χ0n) is 12.6. The van der Waals surface area contributed by atoms with Gasteiger partial charge in [0, 0.05) is 42.8 Å². The monoisotopic (exact) mass is 269 g/mol. The maximum atomic E-state index is 4.39. The molecule has 3 nitrogen and oxygen atoms in total. The Balaban J connectivity index is 1.84. The summed E-state index contributed by atoms with van der Waals surface area (Å²) >= 11 is 0. The molecule has 3 heteroatoms. The number of benzene rings is 1. The molecule has 106 valence electrons. The van der Waals surface area contributed by atoms with Gasteiger partial charge in [-0.1, -0.05) is 12.1 Å². The Morgan fingerprint density at radius 3 is 3.05 bits per heavy atom. The van der Waals surface area contributed by atoms with Gasteiger partial charge in [0.2, 0.25) is 0 Å². The topological polar surface area (TPSA) is 28.2 Å². The molecule has 1 aromatic heterocycles. The van der Waals surface area contributed by atoms with Crippen molar-refractivity contribution in [3.05, 3.63) is 42.1 Å². The molecule has 20 heavy (non-hydrogen) atoms. The van der Waals surface area contributed by atoms with Crippen LogP contribution in [0, 0.1) is 0 Å². The Labute approximate surface area is 121 Å². The summed E-state index contributed by atoms with van der Waals surface area (Å²) < 4.78 is 0. The van der Waals surface area contributed by atoms with Gasteiger partial charge in [-0.15, -0.1) is 0 Å². The molecular formula is C17H23N3. The lowest BCUT2D eigenvalue weighted by atomic mass is 9.96. The molecule has 0 spiro atoms. The zero-order chi connectivity index (χ0) is 14.2. The minimum atomic E-state index is 0.205. The third-order valence-corrected chi connectivity index (χ3v) is 4.27. The Morgan fingerprint density at radius 2 is 2.20 bits per heavy atom. The van der Waals surface area contributed by atoms with Crippen molar-refractivity contribution in [1.29, 1.82) is 0 Å². The van der Waals surface area contributed by atoms with Crippen molar-refractivity contribution in [3.8, 4) is 0 Å². The first-order chi connectivity index (χ1) is 9.54. The van der Waals surface area contributed by atoms with Crippen LogP contribution in [-0.2, 0) is 6.54 Å². The molecule has 0 radical (unpaired) electrons. The van der Waals surface area contributed by atoms with E-state index >= 15 is 0 Å². The Bertz CT molecular complexity index is 606. The number of hydrogen-bond donors (Lipinski definition) is 1. The van der Waals surface area contributed by atoms with Gasteiger partial charge in [-0.25, -0.2) is 0 Å². The predicted octanol–water partition coefficient (Wildman–Crippen LogP) is 2.81. The van der Waals surface area contributed by atoms with E-state index in [0.717, 1.165) is 25.2 Å². The SMILES string of the molecule is CC1CN(Cc2ccc3ncccc3c2)C(C)(C)CN1. The van der Waals surface area contributed by atoms with Crippen LogP contribution in [0.3, 0.4) is 0 Å². The number of pyridine rings is 1. The van der Waals surface area contributed by atoms with Gasteiger partial charge in [0.1, 0.15) is 0 Å². The molecule has 1 saturated heterocycles. The van der Waals surface area contributed by atoms with Crippen LogP contribution in [0.1, 0.15) is 26.3 Å². The summed E-state index contributed by atoms with van der Waals surface area (Å²) in [5, 5.41) is 4.79. The van der Waals surface area contributed by atoms with E-state index in [1.165, 1.54) is 10.9 Å². The molecule has 1 atom stereocenters. The maximum Gasteiger partial charge on any atom is 0.0702 e. The molecule has 1 aliphatic heterocycles. The first kappa shape index (κ1) is 13.5. The Hall–Kier alpha value is -1.45. The normalized spacial score (nSPS) is 23.1. The van der Waals surface area contributed by atoms with Crippen LogP contribution >= 0.6 is 0 Å². The van der Waals surface area contributed by atoms with Gasteiger partial charge in [-0.2, -0.15) is 0 Å². The smallest absolute Gasteiger partial charge is 0.0702 e. The van der Waals surface area contributed by atoms with Crippen LogP contribution in [-0.4, -0.2) is 34.6 Å². The fourth-order valence-corrected chi connectivity index (χ4v) is 2.90. The molecule has 1 aromatic carbocycles. The number of fused-ring (bicyclic) bond motifs is 1. The number of hydrogen-bond acceptors (Lipinski definition) is 3. The van der Waals surface area contributed by atoms with E-state index in [2.05, 4.69) is 60.2 Å². The average molecular weight is 269 g/mol.